The van der Waals surface area contributed by atoms with Crippen molar-refractivity contribution in [2.24, 2.45) is 0 Å². The molecular formula is C25H30N2O3. The molecule has 1 aliphatic rings. The standard InChI is InChI=1S/C25H30N2O3/c1-3-18-6-11-22-20(17-30-24(22)14-18)15-25(28)26-16-23(27-12-4-5-13-27)19-7-9-21(29-2)10-8-19/h6-11,14,17,23H,3-5,12-13,15-16H2,1-2H3,(H,26,28). The normalized spacial score (nSPS) is 15.4. The highest BCUT2D eigenvalue weighted by atomic mass is 16.5. The minimum atomic E-state index is 0.0231. The van der Waals surface area contributed by atoms with E-state index in [0.717, 1.165) is 41.8 Å². The summed E-state index contributed by atoms with van der Waals surface area (Å²) in [6, 6.07) is 14.6. The summed E-state index contributed by atoms with van der Waals surface area (Å²) in [5.41, 5.74) is 4.23. The summed E-state index contributed by atoms with van der Waals surface area (Å²) in [5.74, 6) is 0.871. The first kappa shape index (κ1) is 20.5. The Hall–Kier alpha value is -2.79. The summed E-state index contributed by atoms with van der Waals surface area (Å²) in [5, 5.41) is 4.18. The van der Waals surface area contributed by atoms with Gasteiger partial charge in [0.15, 0.2) is 0 Å². The highest BCUT2D eigenvalue weighted by Crippen LogP contribution is 2.27. The Balaban J connectivity index is 1.43. The first-order valence-electron chi connectivity index (χ1n) is 10.8. The Kier molecular flexibility index (Phi) is 6.38. The van der Waals surface area contributed by atoms with E-state index in [0.29, 0.717) is 13.0 Å². The zero-order valence-electron chi connectivity index (χ0n) is 17.8. The number of benzene rings is 2. The lowest BCUT2D eigenvalue weighted by molar-refractivity contribution is -0.120. The van der Waals surface area contributed by atoms with E-state index in [9.17, 15) is 4.79 Å². The second kappa shape index (κ2) is 9.35. The van der Waals surface area contributed by atoms with E-state index in [1.54, 1.807) is 13.4 Å². The minimum Gasteiger partial charge on any atom is -0.497 e. The van der Waals surface area contributed by atoms with Gasteiger partial charge in [-0.25, -0.2) is 0 Å². The Morgan fingerprint density at radius 3 is 2.63 bits per heavy atom. The fourth-order valence-corrected chi connectivity index (χ4v) is 4.27. The Bertz CT molecular complexity index is 987. The topological polar surface area (TPSA) is 54.7 Å². The van der Waals surface area contributed by atoms with Crippen LogP contribution in [0.4, 0.5) is 0 Å². The molecule has 0 radical (unpaired) electrons. The van der Waals surface area contributed by atoms with Crippen molar-refractivity contribution in [2.45, 2.75) is 38.6 Å². The van der Waals surface area contributed by atoms with Gasteiger partial charge in [-0.1, -0.05) is 31.2 Å². The molecular weight excluding hydrogens is 376 g/mol. The fraction of sp³-hybridized carbons (Fsp3) is 0.400. The molecule has 2 aromatic carbocycles. The van der Waals surface area contributed by atoms with Gasteiger partial charge in [0.25, 0.3) is 0 Å². The smallest absolute Gasteiger partial charge is 0.224 e. The fourth-order valence-electron chi connectivity index (χ4n) is 4.27. The van der Waals surface area contributed by atoms with Crippen LogP contribution in [-0.2, 0) is 17.6 Å². The number of methoxy groups -OCH3 is 1. The summed E-state index contributed by atoms with van der Waals surface area (Å²) in [7, 11) is 1.68. The van der Waals surface area contributed by atoms with Crippen LogP contribution in [0.3, 0.4) is 0 Å². The van der Waals surface area contributed by atoms with Gasteiger partial charge in [-0.15, -0.1) is 0 Å². The maximum Gasteiger partial charge on any atom is 0.224 e. The lowest BCUT2D eigenvalue weighted by Gasteiger charge is -2.28. The molecule has 1 N–H and O–H groups in total. The number of hydrogen-bond acceptors (Lipinski definition) is 4. The molecule has 5 heteroatoms. The maximum absolute atomic E-state index is 12.7. The van der Waals surface area contributed by atoms with Crippen LogP contribution in [0, 0.1) is 0 Å². The van der Waals surface area contributed by atoms with E-state index in [1.165, 1.54) is 24.0 Å². The summed E-state index contributed by atoms with van der Waals surface area (Å²) < 4.78 is 11.0. The molecule has 158 valence electrons. The molecule has 0 saturated carbocycles. The average Bonchev–Trinajstić information content (AvgIpc) is 3.44. The summed E-state index contributed by atoms with van der Waals surface area (Å²) in [6.07, 6.45) is 5.43. The first-order valence-corrected chi connectivity index (χ1v) is 10.8. The Morgan fingerprint density at radius 1 is 1.17 bits per heavy atom. The van der Waals surface area contributed by atoms with Gasteiger partial charge in [-0.2, -0.15) is 0 Å². The van der Waals surface area contributed by atoms with E-state index >= 15 is 0 Å². The van der Waals surface area contributed by atoms with E-state index < -0.39 is 0 Å². The third kappa shape index (κ3) is 4.51. The molecule has 1 saturated heterocycles. The van der Waals surface area contributed by atoms with Gasteiger partial charge in [0.05, 0.1) is 25.8 Å². The van der Waals surface area contributed by atoms with Crippen LogP contribution in [0.25, 0.3) is 11.0 Å². The maximum atomic E-state index is 12.7. The summed E-state index contributed by atoms with van der Waals surface area (Å²) in [4.78, 5) is 15.2. The molecule has 0 spiro atoms. The van der Waals surface area contributed by atoms with Crippen LogP contribution in [0.15, 0.2) is 53.1 Å². The molecule has 0 aliphatic carbocycles. The SMILES string of the molecule is CCc1ccc2c(CC(=O)NCC(c3ccc(OC)cc3)N3CCCC3)coc2c1. The molecule has 5 nitrogen and oxygen atoms in total. The van der Waals surface area contributed by atoms with Crippen molar-refractivity contribution in [3.63, 3.8) is 0 Å². The number of ether oxygens (including phenoxy) is 1. The molecule has 4 rings (SSSR count). The number of rotatable bonds is 8. The van der Waals surface area contributed by atoms with Crippen LogP contribution in [0.5, 0.6) is 5.75 Å². The number of carbonyl (C=O) groups excluding carboxylic acids is 1. The van der Waals surface area contributed by atoms with Gasteiger partial charge in [0, 0.05) is 17.5 Å². The monoisotopic (exact) mass is 406 g/mol. The van der Waals surface area contributed by atoms with Crippen molar-refractivity contribution < 1.29 is 13.9 Å². The van der Waals surface area contributed by atoms with E-state index in [1.807, 2.05) is 12.1 Å². The highest BCUT2D eigenvalue weighted by Gasteiger charge is 2.24. The van der Waals surface area contributed by atoms with Gasteiger partial charge < -0.3 is 14.5 Å². The number of aryl methyl sites for hydroxylation is 1. The predicted octanol–water partition coefficient (Wildman–Crippen LogP) is 4.50. The van der Waals surface area contributed by atoms with Crippen molar-refractivity contribution in [3.8, 4) is 5.75 Å². The van der Waals surface area contributed by atoms with Crippen molar-refractivity contribution in [1.82, 2.24) is 10.2 Å². The van der Waals surface area contributed by atoms with Gasteiger partial charge in [0.1, 0.15) is 11.3 Å². The second-order valence-electron chi connectivity index (χ2n) is 7.96. The zero-order chi connectivity index (χ0) is 20.9. The third-order valence-corrected chi connectivity index (χ3v) is 6.05. The van der Waals surface area contributed by atoms with Crippen LogP contribution >= 0.6 is 0 Å². The zero-order valence-corrected chi connectivity index (χ0v) is 17.8. The van der Waals surface area contributed by atoms with Crippen LogP contribution in [-0.4, -0.2) is 37.6 Å². The first-order chi connectivity index (χ1) is 14.7. The Labute approximate surface area is 178 Å². The highest BCUT2D eigenvalue weighted by molar-refractivity contribution is 5.88. The molecule has 2 heterocycles. The van der Waals surface area contributed by atoms with Gasteiger partial charge >= 0.3 is 0 Å². The largest absolute Gasteiger partial charge is 0.497 e. The van der Waals surface area contributed by atoms with Gasteiger partial charge in [-0.3, -0.25) is 9.69 Å². The summed E-state index contributed by atoms with van der Waals surface area (Å²) in [6.45, 7) is 4.86. The van der Waals surface area contributed by atoms with Crippen molar-refractivity contribution >= 4 is 16.9 Å². The number of fused-ring (bicyclic) bond motifs is 1. The van der Waals surface area contributed by atoms with Crippen LogP contribution in [0.2, 0.25) is 0 Å². The van der Waals surface area contributed by atoms with E-state index in [4.69, 9.17) is 9.15 Å². The van der Waals surface area contributed by atoms with Crippen molar-refractivity contribution in [2.75, 3.05) is 26.7 Å². The number of hydrogen-bond donors (Lipinski definition) is 1. The van der Waals surface area contributed by atoms with E-state index in [-0.39, 0.29) is 11.9 Å². The quantitative estimate of drug-likeness (QED) is 0.598. The number of furan rings is 1. The molecule has 1 atom stereocenters. The lowest BCUT2D eigenvalue weighted by atomic mass is 10.0. The molecule has 1 aromatic heterocycles. The lowest BCUT2D eigenvalue weighted by Crippen LogP contribution is -2.37. The third-order valence-electron chi connectivity index (χ3n) is 6.05. The number of amides is 1. The van der Waals surface area contributed by atoms with Crippen LogP contribution in [0.1, 0.15) is 42.5 Å². The average molecular weight is 407 g/mol. The van der Waals surface area contributed by atoms with Gasteiger partial charge in [-0.05, 0) is 61.7 Å². The van der Waals surface area contributed by atoms with Crippen molar-refractivity contribution in [1.29, 1.82) is 0 Å². The molecule has 0 bridgehead atoms. The molecule has 1 amide bonds. The number of nitrogens with one attached hydrogen (secondary N) is 1. The number of nitrogens with zero attached hydrogens (tertiary/aromatic N) is 1. The molecule has 1 aliphatic heterocycles. The van der Waals surface area contributed by atoms with E-state index in [2.05, 4.69) is 47.5 Å². The van der Waals surface area contributed by atoms with Gasteiger partial charge in [0.2, 0.25) is 5.91 Å². The number of carbonyl (C=O) groups is 1. The van der Waals surface area contributed by atoms with Crippen molar-refractivity contribution in [3.05, 3.63) is 65.4 Å². The number of likely N-dealkylation sites (tertiary alicyclic amines) is 1. The summed E-state index contributed by atoms with van der Waals surface area (Å²) >= 11 is 0. The Morgan fingerprint density at radius 2 is 1.93 bits per heavy atom. The van der Waals surface area contributed by atoms with Crippen LogP contribution < -0.4 is 10.1 Å². The molecule has 1 fully saturated rings. The molecule has 1 unspecified atom stereocenters. The molecule has 30 heavy (non-hydrogen) atoms. The minimum absolute atomic E-state index is 0.0231. The predicted molar refractivity (Wildman–Crippen MR) is 119 cm³/mol. The molecule has 3 aromatic rings. The second-order valence-corrected chi connectivity index (χ2v) is 7.96.